The van der Waals surface area contributed by atoms with Crippen LogP contribution in [0.3, 0.4) is 0 Å². The molecule has 0 saturated carbocycles. The molecule has 0 amide bonds. The SMILES string of the molecule is Cc1nc(N)cc(N(C)Cc2cccc(F)c2)n1. The summed E-state index contributed by atoms with van der Waals surface area (Å²) in [6.45, 7) is 2.35. The van der Waals surface area contributed by atoms with E-state index in [1.165, 1.54) is 12.1 Å². The van der Waals surface area contributed by atoms with Gasteiger partial charge in [0.2, 0.25) is 0 Å². The summed E-state index contributed by atoms with van der Waals surface area (Å²) < 4.78 is 13.1. The molecule has 0 spiro atoms. The fourth-order valence-electron chi connectivity index (χ4n) is 1.76. The van der Waals surface area contributed by atoms with Crippen LogP contribution in [-0.4, -0.2) is 17.0 Å². The zero-order valence-electron chi connectivity index (χ0n) is 10.4. The second-order valence-electron chi connectivity index (χ2n) is 4.18. The van der Waals surface area contributed by atoms with Crippen LogP contribution in [0.25, 0.3) is 0 Å². The molecule has 0 aliphatic rings. The van der Waals surface area contributed by atoms with Gasteiger partial charge in [-0.3, -0.25) is 0 Å². The predicted octanol–water partition coefficient (Wildman–Crippen LogP) is 2.14. The third-order valence-corrected chi connectivity index (χ3v) is 2.54. The first kappa shape index (κ1) is 12.3. The van der Waals surface area contributed by atoms with Gasteiger partial charge in [-0.25, -0.2) is 14.4 Å². The van der Waals surface area contributed by atoms with Gasteiger partial charge < -0.3 is 10.6 Å². The predicted molar refractivity (Wildman–Crippen MR) is 69.7 cm³/mol. The average molecular weight is 246 g/mol. The highest BCUT2D eigenvalue weighted by molar-refractivity contribution is 5.46. The molecule has 1 heterocycles. The monoisotopic (exact) mass is 246 g/mol. The third kappa shape index (κ3) is 2.94. The summed E-state index contributed by atoms with van der Waals surface area (Å²) in [6, 6.07) is 8.20. The molecule has 4 nitrogen and oxygen atoms in total. The Bertz CT molecular complexity index is 536. The van der Waals surface area contributed by atoms with Crippen LogP contribution < -0.4 is 10.6 Å². The number of nitrogens with two attached hydrogens (primary N) is 1. The number of hydrogen-bond acceptors (Lipinski definition) is 4. The number of benzene rings is 1. The Labute approximate surface area is 105 Å². The molecule has 0 aliphatic carbocycles. The molecule has 2 aromatic rings. The van der Waals surface area contributed by atoms with Crippen molar-refractivity contribution in [3.8, 4) is 0 Å². The van der Waals surface area contributed by atoms with E-state index in [1.807, 2.05) is 18.0 Å². The van der Waals surface area contributed by atoms with Gasteiger partial charge >= 0.3 is 0 Å². The van der Waals surface area contributed by atoms with Gasteiger partial charge in [-0.05, 0) is 24.6 Å². The van der Waals surface area contributed by atoms with Crippen LogP contribution in [0.2, 0.25) is 0 Å². The number of aryl methyl sites for hydroxylation is 1. The average Bonchev–Trinajstić information content (AvgIpc) is 2.27. The molecular formula is C13H15FN4. The maximum atomic E-state index is 13.1. The number of nitrogen functional groups attached to an aromatic ring is 1. The molecule has 2 rings (SSSR count). The second-order valence-corrected chi connectivity index (χ2v) is 4.18. The first-order valence-electron chi connectivity index (χ1n) is 5.61. The quantitative estimate of drug-likeness (QED) is 0.901. The summed E-state index contributed by atoms with van der Waals surface area (Å²) in [5.41, 5.74) is 6.56. The van der Waals surface area contributed by atoms with Crippen LogP contribution >= 0.6 is 0 Å². The smallest absolute Gasteiger partial charge is 0.134 e. The van der Waals surface area contributed by atoms with Crippen LogP contribution in [-0.2, 0) is 6.54 Å². The van der Waals surface area contributed by atoms with Gasteiger partial charge in [-0.1, -0.05) is 12.1 Å². The molecule has 0 fully saturated rings. The summed E-state index contributed by atoms with van der Waals surface area (Å²) in [6.07, 6.45) is 0. The zero-order valence-corrected chi connectivity index (χ0v) is 10.4. The topological polar surface area (TPSA) is 55.0 Å². The number of aromatic nitrogens is 2. The van der Waals surface area contributed by atoms with Crippen molar-refractivity contribution in [1.82, 2.24) is 9.97 Å². The van der Waals surface area contributed by atoms with Crippen molar-refractivity contribution in [2.75, 3.05) is 17.7 Å². The number of rotatable bonds is 3. The molecule has 0 aliphatic heterocycles. The van der Waals surface area contributed by atoms with Gasteiger partial charge in [0.05, 0.1) is 0 Å². The van der Waals surface area contributed by atoms with E-state index in [4.69, 9.17) is 5.73 Å². The van der Waals surface area contributed by atoms with E-state index in [-0.39, 0.29) is 5.82 Å². The Morgan fingerprint density at radius 1 is 1.28 bits per heavy atom. The molecule has 1 aromatic heterocycles. The number of anilines is 2. The van der Waals surface area contributed by atoms with Crippen molar-refractivity contribution in [3.63, 3.8) is 0 Å². The Morgan fingerprint density at radius 2 is 2.06 bits per heavy atom. The van der Waals surface area contributed by atoms with Crippen molar-refractivity contribution in [2.45, 2.75) is 13.5 Å². The van der Waals surface area contributed by atoms with Gasteiger partial charge in [0.25, 0.3) is 0 Å². The van der Waals surface area contributed by atoms with Crippen molar-refractivity contribution >= 4 is 11.6 Å². The van der Waals surface area contributed by atoms with Gasteiger partial charge in [-0.2, -0.15) is 0 Å². The van der Waals surface area contributed by atoms with E-state index in [9.17, 15) is 4.39 Å². The van der Waals surface area contributed by atoms with Crippen molar-refractivity contribution in [3.05, 3.63) is 47.5 Å². The van der Waals surface area contributed by atoms with Crippen molar-refractivity contribution in [2.24, 2.45) is 0 Å². The molecular weight excluding hydrogens is 231 g/mol. The zero-order chi connectivity index (χ0) is 13.1. The fraction of sp³-hybridized carbons (Fsp3) is 0.231. The standard InChI is InChI=1S/C13H15FN4/c1-9-16-12(15)7-13(17-9)18(2)8-10-4-3-5-11(14)6-10/h3-7H,8H2,1-2H3,(H2,15,16,17). The van der Waals surface area contributed by atoms with E-state index in [0.29, 0.717) is 18.2 Å². The highest BCUT2D eigenvalue weighted by atomic mass is 19.1. The summed E-state index contributed by atoms with van der Waals surface area (Å²) in [7, 11) is 1.88. The van der Waals surface area contributed by atoms with Gasteiger partial charge in [-0.15, -0.1) is 0 Å². The lowest BCUT2D eigenvalue weighted by atomic mass is 10.2. The van der Waals surface area contributed by atoms with Crippen LogP contribution in [0.4, 0.5) is 16.0 Å². The summed E-state index contributed by atoms with van der Waals surface area (Å²) >= 11 is 0. The van der Waals surface area contributed by atoms with Crippen LogP contribution in [0, 0.1) is 12.7 Å². The Hall–Kier alpha value is -2.17. The van der Waals surface area contributed by atoms with E-state index in [1.54, 1.807) is 19.1 Å². The second kappa shape index (κ2) is 5.00. The Balaban J connectivity index is 2.19. The largest absolute Gasteiger partial charge is 0.384 e. The molecule has 5 heteroatoms. The molecule has 0 radical (unpaired) electrons. The minimum Gasteiger partial charge on any atom is -0.384 e. The van der Waals surface area contributed by atoms with Crippen LogP contribution in [0.1, 0.15) is 11.4 Å². The first-order valence-corrected chi connectivity index (χ1v) is 5.61. The Morgan fingerprint density at radius 3 is 2.72 bits per heavy atom. The third-order valence-electron chi connectivity index (χ3n) is 2.54. The molecule has 94 valence electrons. The summed E-state index contributed by atoms with van der Waals surface area (Å²) in [5, 5.41) is 0. The normalized spacial score (nSPS) is 10.4. The van der Waals surface area contributed by atoms with E-state index < -0.39 is 0 Å². The fourth-order valence-corrected chi connectivity index (χ4v) is 1.76. The summed E-state index contributed by atoms with van der Waals surface area (Å²) in [4.78, 5) is 10.2. The molecule has 0 atom stereocenters. The minimum absolute atomic E-state index is 0.237. The van der Waals surface area contributed by atoms with Crippen LogP contribution in [0.15, 0.2) is 30.3 Å². The Kier molecular flexibility index (Phi) is 3.41. The maximum Gasteiger partial charge on any atom is 0.134 e. The lowest BCUT2D eigenvalue weighted by Gasteiger charge is -2.18. The maximum absolute atomic E-state index is 13.1. The number of hydrogen-bond donors (Lipinski definition) is 1. The molecule has 2 N–H and O–H groups in total. The van der Waals surface area contributed by atoms with E-state index in [2.05, 4.69) is 9.97 Å². The molecule has 1 aromatic carbocycles. The molecule has 0 saturated heterocycles. The molecule has 18 heavy (non-hydrogen) atoms. The van der Waals surface area contributed by atoms with Gasteiger partial charge in [0.15, 0.2) is 0 Å². The number of nitrogens with zero attached hydrogens (tertiary/aromatic N) is 3. The van der Waals surface area contributed by atoms with Gasteiger partial charge in [0, 0.05) is 19.7 Å². The van der Waals surface area contributed by atoms with Crippen molar-refractivity contribution in [1.29, 1.82) is 0 Å². The number of halogens is 1. The van der Waals surface area contributed by atoms with E-state index >= 15 is 0 Å². The summed E-state index contributed by atoms with van der Waals surface area (Å²) in [5.74, 6) is 1.54. The van der Waals surface area contributed by atoms with Crippen molar-refractivity contribution < 1.29 is 4.39 Å². The lowest BCUT2D eigenvalue weighted by molar-refractivity contribution is 0.625. The molecule has 0 unspecified atom stereocenters. The molecule has 0 bridgehead atoms. The highest BCUT2D eigenvalue weighted by Gasteiger charge is 2.06. The first-order chi connectivity index (χ1) is 8.54. The van der Waals surface area contributed by atoms with Gasteiger partial charge in [0.1, 0.15) is 23.3 Å². The van der Waals surface area contributed by atoms with Crippen LogP contribution in [0.5, 0.6) is 0 Å². The minimum atomic E-state index is -0.237. The lowest BCUT2D eigenvalue weighted by Crippen LogP contribution is -2.18. The highest BCUT2D eigenvalue weighted by Crippen LogP contribution is 2.15. The van der Waals surface area contributed by atoms with E-state index in [0.717, 1.165) is 11.4 Å².